The van der Waals surface area contributed by atoms with Crippen LogP contribution in [0.5, 0.6) is 0 Å². The molecule has 0 aromatic heterocycles. The molecule has 0 aliphatic carbocycles. The summed E-state index contributed by atoms with van der Waals surface area (Å²) in [4.78, 5) is 16.1. The minimum atomic E-state index is -5.60. The van der Waals surface area contributed by atoms with Gasteiger partial charge in [0.25, 0.3) is 15.7 Å². The van der Waals surface area contributed by atoms with Crippen LogP contribution in [0.2, 0.25) is 0 Å². The molecule has 0 N–H and O–H groups in total. The van der Waals surface area contributed by atoms with Crippen molar-refractivity contribution in [2.75, 3.05) is 24.7 Å². The van der Waals surface area contributed by atoms with Gasteiger partial charge in [-0.1, -0.05) is 6.07 Å². The lowest BCUT2D eigenvalue weighted by Crippen LogP contribution is -2.33. The predicted molar refractivity (Wildman–Crippen MR) is 75.3 cm³/mol. The van der Waals surface area contributed by atoms with Crippen molar-refractivity contribution in [2.24, 2.45) is 0 Å². The molecular weight excluding hydrogens is 375 g/mol. The number of carbonyl (C=O) groups excluding carboxylic acids is 1. The summed E-state index contributed by atoms with van der Waals surface area (Å²) in [6.45, 7) is -0.591. The average molecular weight is 387 g/mol. The minimum Gasteiger partial charge on any atom is -0.270 e. The second kappa shape index (κ2) is 6.33. The van der Waals surface area contributed by atoms with Gasteiger partial charge in [-0.2, -0.15) is 13.2 Å². The summed E-state index contributed by atoms with van der Waals surface area (Å²) in [7, 11) is -8.98. The van der Waals surface area contributed by atoms with Crippen LogP contribution in [0.3, 0.4) is 0 Å². The molecule has 2 rings (SSSR count). The van der Waals surface area contributed by atoms with E-state index in [1.165, 1.54) is 0 Å². The van der Waals surface area contributed by atoms with Gasteiger partial charge in [0.1, 0.15) is 0 Å². The maximum atomic E-state index is 12.6. The van der Waals surface area contributed by atoms with Crippen molar-refractivity contribution in [2.45, 2.75) is 10.4 Å². The highest BCUT2D eigenvalue weighted by Gasteiger charge is 2.47. The molecule has 134 valence electrons. The fourth-order valence-corrected chi connectivity index (χ4v) is 3.68. The van der Waals surface area contributed by atoms with E-state index in [9.17, 15) is 34.8 Å². The Morgan fingerprint density at radius 3 is 2.50 bits per heavy atom. The van der Waals surface area contributed by atoms with Crippen LogP contribution in [0.1, 0.15) is 10.4 Å². The van der Waals surface area contributed by atoms with Crippen LogP contribution in [0.25, 0.3) is 0 Å². The zero-order valence-corrected chi connectivity index (χ0v) is 13.6. The van der Waals surface area contributed by atoms with E-state index in [0.29, 0.717) is 17.2 Å². The van der Waals surface area contributed by atoms with Gasteiger partial charge in [0.05, 0.1) is 29.6 Å². The highest BCUT2D eigenvalue weighted by atomic mass is 32.2. The van der Waals surface area contributed by atoms with Crippen molar-refractivity contribution in [3.63, 3.8) is 0 Å². The van der Waals surface area contributed by atoms with Gasteiger partial charge in [-0.15, -0.1) is 0 Å². The molecule has 0 radical (unpaired) electrons. The molecule has 0 unspecified atom stereocenters. The Morgan fingerprint density at radius 2 is 1.88 bits per heavy atom. The van der Waals surface area contributed by atoms with Gasteiger partial charge >= 0.3 is 5.51 Å². The molecule has 1 amide bonds. The molecular formula is C12H12F3NO6S2. The molecule has 0 spiro atoms. The van der Waals surface area contributed by atoms with Crippen molar-refractivity contribution >= 4 is 25.6 Å². The first kappa shape index (κ1) is 18.7. The minimum absolute atomic E-state index is 0.283. The molecule has 1 aromatic carbocycles. The molecule has 1 fully saturated rings. The Hall–Kier alpha value is -1.66. The maximum absolute atomic E-state index is 12.6. The molecule has 1 aliphatic heterocycles. The van der Waals surface area contributed by atoms with Crippen molar-refractivity contribution in [3.05, 3.63) is 29.8 Å². The summed E-state index contributed by atoms with van der Waals surface area (Å²) < 4.78 is 83.4. The van der Waals surface area contributed by atoms with Crippen molar-refractivity contribution in [1.82, 2.24) is 5.06 Å². The van der Waals surface area contributed by atoms with Gasteiger partial charge in [0, 0.05) is 5.56 Å². The third-order valence-electron chi connectivity index (χ3n) is 3.17. The smallest absolute Gasteiger partial charge is 0.270 e. The van der Waals surface area contributed by atoms with Crippen LogP contribution in [0.4, 0.5) is 13.2 Å². The number of hydrogen-bond donors (Lipinski definition) is 0. The first-order valence-corrected chi connectivity index (χ1v) is 9.81. The monoisotopic (exact) mass is 387 g/mol. The second-order valence-electron chi connectivity index (χ2n) is 4.87. The summed E-state index contributed by atoms with van der Waals surface area (Å²) in [6, 6.07) is 3.39. The average Bonchev–Trinajstić information content (AvgIpc) is 2.66. The molecule has 12 heteroatoms. The van der Waals surface area contributed by atoms with E-state index in [0.717, 1.165) is 12.1 Å². The summed E-state index contributed by atoms with van der Waals surface area (Å²) >= 11 is 0. The number of alkyl halides is 3. The van der Waals surface area contributed by atoms with Gasteiger partial charge in [-0.25, -0.2) is 21.9 Å². The van der Waals surface area contributed by atoms with E-state index < -0.39 is 36.0 Å². The molecule has 0 atom stereocenters. The third kappa shape index (κ3) is 3.87. The van der Waals surface area contributed by atoms with Gasteiger partial charge in [-0.05, 0) is 18.2 Å². The van der Waals surface area contributed by atoms with E-state index in [1.54, 1.807) is 0 Å². The largest absolute Gasteiger partial charge is 0.501 e. The van der Waals surface area contributed by atoms with Crippen LogP contribution >= 0.6 is 0 Å². The zero-order chi connectivity index (χ0) is 18.2. The number of halogens is 3. The number of hydrogen-bond acceptors (Lipinski definition) is 6. The number of amides is 1. The maximum Gasteiger partial charge on any atom is 0.501 e. The van der Waals surface area contributed by atoms with Crippen molar-refractivity contribution < 1.29 is 39.6 Å². The van der Waals surface area contributed by atoms with Crippen LogP contribution < -0.4 is 0 Å². The SMILES string of the molecule is O=C(c1cccc(S(=O)(=O)C(F)(F)F)c1)N1CCS(=O)(=O)CCO1. The summed E-state index contributed by atoms with van der Waals surface area (Å²) in [5.74, 6) is -1.58. The Bertz CT molecular complexity index is 848. The van der Waals surface area contributed by atoms with E-state index in [-0.39, 0.29) is 30.2 Å². The fourth-order valence-electron chi connectivity index (χ4n) is 1.90. The Balaban J connectivity index is 2.30. The quantitative estimate of drug-likeness (QED) is 0.744. The number of carbonyl (C=O) groups is 1. The normalized spacial score (nSPS) is 18.9. The fraction of sp³-hybridized carbons (Fsp3) is 0.417. The first-order valence-electron chi connectivity index (χ1n) is 6.51. The molecule has 0 bridgehead atoms. The Kier molecular flexibility index (Phi) is 4.93. The highest BCUT2D eigenvalue weighted by Crippen LogP contribution is 2.30. The zero-order valence-electron chi connectivity index (χ0n) is 12.0. The summed E-state index contributed by atoms with van der Waals surface area (Å²) in [5.41, 5.74) is -5.86. The lowest BCUT2D eigenvalue weighted by molar-refractivity contribution is -0.111. The van der Waals surface area contributed by atoms with Gasteiger partial charge < -0.3 is 0 Å². The molecule has 1 heterocycles. The predicted octanol–water partition coefficient (Wildman–Crippen LogP) is 0.782. The molecule has 1 aromatic rings. The number of sulfone groups is 2. The van der Waals surface area contributed by atoms with Gasteiger partial charge in [-0.3, -0.25) is 9.63 Å². The van der Waals surface area contributed by atoms with Crippen molar-refractivity contribution in [3.8, 4) is 0 Å². The number of benzene rings is 1. The van der Waals surface area contributed by atoms with E-state index in [2.05, 4.69) is 0 Å². The van der Waals surface area contributed by atoms with Gasteiger partial charge in [0.2, 0.25) is 0 Å². The standard InChI is InChI=1S/C12H12F3NO6S2/c13-12(14,15)24(20,21)10-3-1-2-9(8-10)11(17)16-4-6-23(18,19)7-5-22-16/h1-3,8H,4-7H2. The Labute approximate surface area is 135 Å². The topological polar surface area (TPSA) is 97.8 Å². The van der Waals surface area contributed by atoms with Crippen LogP contribution in [-0.2, 0) is 24.5 Å². The highest BCUT2D eigenvalue weighted by molar-refractivity contribution is 7.92. The first-order chi connectivity index (χ1) is 10.9. The van der Waals surface area contributed by atoms with E-state index in [4.69, 9.17) is 4.84 Å². The Morgan fingerprint density at radius 1 is 1.21 bits per heavy atom. The van der Waals surface area contributed by atoms with E-state index in [1.807, 2.05) is 0 Å². The molecule has 7 nitrogen and oxygen atoms in total. The molecule has 1 saturated heterocycles. The molecule has 0 saturated carbocycles. The number of nitrogens with zero attached hydrogens (tertiary/aromatic N) is 1. The second-order valence-corrected chi connectivity index (χ2v) is 9.11. The summed E-state index contributed by atoms with van der Waals surface area (Å²) in [6.07, 6.45) is 0. The lowest BCUT2D eigenvalue weighted by Gasteiger charge is -2.19. The van der Waals surface area contributed by atoms with Crippen LogP contribution in [-0.4, -0.2) is 58.0 Å². The van der Waals surface area contributed by atoms with Crippen molar-refractivity contribution in [1.29, 1.82) is 0 Å². The summed E-state index contributed by atoms with van der Waals surface area (Å²) in [5, 5.41) is 0.698. The molecule has 1 aliphatic rings. The van der Waals surface area contributed by atoms with Crippen LogP contribution in [0.15, 0.2) is 29.2 Å². The van der Waals surface area contributed by atoms with E-state index >= 15 is 0 Å². The molecule has 24 heavy (non-hydrogen) atoms. The number of rotatable bonds is 2. The third-order valence-corrected chi connectivity index (χ3v) is 6.25. The lowest BCUT2D eigenvalue weighted by atomic mass is 10.2. The number of hydroxylamine groups is 2. The van der Waals surface area contributed by atoms with Gasteiger partial charge in [0.15, 0.2) is 9.84 Å². The van der Waals surface area contributed by atoms with Crippen LogP contribution in [0, 0.1) is 0 Å².